The number of anilines is 1. The van der Waals surface area contributed by atoms with Gasteiger partial charge in [-0.05, 0) is 50.9 Å². The third-order valence-corrected chi connectivity index (χ3v) is 9.02. The highest BCUT2D eigenvalue weighted by Gasteiger charge is 2.48. The van der Waals surface area contributed by atoms with Crippen molar-refractivity contribution in [3.8, 4) is 0 Å². The molecule has 234 valence electrons. The van der Waals surface area contributed by atoms with Crippen molar-refractivity contribution in [3.63, 3.8) is 0 Å². The number of hydrogen-bond acceptors (Lipinski definition) is 11. The van der Waals surface area contributed by atoms with Crippen LogP contribution in [0, 0.1) is 11.8 Å². The molecule has 3 aliphatic heterocycles. The Morgan fingerprint density at radius 3 is 2.58 bits per heavy atom. The number of amides is 3. The van der Waals surface area contributed by atoms with Gasteiger partial charge in [0, 0.05) is 39.1 Å². The van der Waals surface area contributed by atoms with Crippen molar-refractivity contribution in [1.29, 1.82) is 0 Å². The van der Waals surface area contributed by atoms with Crippen LogP contribution in [0.4, 0.5) is 10.6 Å². The molecule has 3 saturated heterocycles. The lowest BCUT2D eigenvalue weighted by Crippen LogP contribution is -2.43. The summed E-state index contributed by atoms with van der Waals surface area (Å²) in [6.07, 6.45) is 2.59. The van der Waals surface area contributed by atoms with Crippen LogP contribution in [-0.4, -0.2) is 115 Å². The molecule has 4 aliphatic rings. The lowest BCUT2D eigenvalue weighted by atomic mass is 9.91. The van der Waals surface area contributed by atoms with E-state index in [0.717, 1.165) is 38.5 Å². The second kappa shape index (κ2) is 12.2. The van der Waals surface area contributed by atoms with Gasteiger partial charge in [0.15, 0.2) is 23.8 Å². The number of aryl methyl sites for hydroxylation is 1. The summed E-state index contributed by atoms with van der Waals surface area (Å²) < 4.78 is 12.7. The highest BCUT2D eigenvalue weighted by atomic mass is 16.6. The molecular weight excluding hydrogens is 560 g/mol. The van der Waals surface area contributed by atoms with Gasteiger partial charge in [0.25, 0.3) is 5.91 Å². The summed E-state index contributed by atoms with van der Waals surface area (Å²) in [5.41, 5.74) is 6.90. The first-order valence-electron chi connectivity index (χ1n) is 15.2. The largest absolute Gasteiger partial charge is 0.449 e. The van der Waals surface area contributed by atoms with E-state index in [-0.39, 0.29) is 36.4 Å². The van der Waals surface area contributed by atoms with Crippen LogP contribution >= 0.6 is 0 Å². The highest BCUT2D eigenvalue weighted by molar-refractivity contribution is 5.83. The molecule has 5 N–H and O–H groups in total. The number of aliphatic hydroxyl groups is 2. The molecule has 2 aromatic rings. The molecule has 5 heterocycles. The minimum absolute atomic E-state index is 0.0333. The number of nitrogens with two attached hydrogens (primary N) is 1. The van der Waals surface area contributed by atoms with Gasteiger partial charge in [0.2, 0.25) is 5.91 Å². The summed E-state index contributed by atoms with van der Waals surface area (Å²) in [6, 6.07) is 0.0924. The van der Waals surface area contributed by atoms with E-state index < -0.39 is 30.4 Å². The van der Waals surface area contributed by atoms with Crippen molar-refractivity contribution in [2.24, 2.45) is 11.8 Å². The quantitative estimate of drug-likeness (QED) is 0.301. The number of aliphatic hydroxyl groups excluding tert-OH is 2. The molecule has 1 saturated carbocycles. The number of carbonyl (C=O) groups is 3. The van der Waals surface area contributed by atoms with Gasteiger partial charge in [0.05, 0.1) is 12.2 Å². The van der Waals surface area contributed by atoms with E-state index in [0.29, 0.717) is 55.4 Å². The van der Waals surface area contributed by atoms with Gasteiger partial charge in [-0.2, -0.15) is 0 Å². The second-order valence-corrected chi connectivity index (χ2v) is 12.2. The molecule has 0 aromatic carbocycles. The van der Waals surface area contributed by atoms with Crippen molar-refractivity contribution in [2.75, 3.05) is 39.0 Å². The Kier molecular flexibility index (Phi) is 8.38. The van der Waals surface area contributed by atoms with E-state index in [1.165, 1.54) is 10.9 Å². The Balaban J connectivity index is 0.999. The van der Waals surface area contributed by atoms with E-state index >= 15 is 0 Å². The molecule has 0 spiro atoms. The molecule has 0 radical (unpaired) electrons. The first-order chi connectivity index (χ1) is 20.7. The number of fused-ring (bicyclic) bond motifs is 1. The fourth-order valence-corrected chi connectivity index (χ4v) is 6.17. The maximum atomic E-state index is 12.5. The van der Waals surface area contributed by atoms with Crippen LogP contribution in [0.3, 0.4) is 0 Å². The molecule has 2 aromatic heterocycles. The highest BCUT2D eigenvalue weighted by Crippen LogP contribution is 2.33. The Morgan fingerprint density at radius 1 is 1.12 bits per heavy atom. The van der Waals surface area contributed by atoms with Crippen molar-refractivity contribution in [1.82, 2.24) is 34.6 Å². The zero-order valence-corrected chi connectivity index (χ0v) is 24.3. The number of ether oxygens (including phenoxy) is 2. The minimum Gasteiger partial charge on any atom is -0.449 e. The van der Waals surface area contributed by atoms with E-state index in [9.17, 15) is 24.6 Å². The average molecular weight is 601 g/mol. The summed E-state index contributed by atoms with van der Waals surface area (Å²) in [4.78, 5) is 53.8. The monoisotopic (exact) mass is 600 g/mol. The standard InChI is InChI=1S/C28H40N8O7/c1-34-10-9-16(26(34)40)13-42-28(41)35-11-7-15(8-12-35)3-2-4-18-32-23(29)19-24(33-18)36(14-30-19)27-21(38)20(37)22(43-27)25(39)31-17-5-6-17/h14-17,20-22,27,37-38H,2-13H2,1H3,(H,31,39)(H2,29,32,33)/t16?,20-,21?,22+,27-/m1/s1. The summed E-state index contributed by atoms with van der Waals surface area (Å²) in [6.45, 7) is 2.07. The van der Waals surface area contributed by atoms with Crippen molar-refractivity contribution in [2.45, 2.75) is 81.9 Å². The number of nitrogens with zero attached hydrogens (tertiary/aromatic N) is 6. The molecule has 0 bridgehead atoms. The van der Waals surface area contributed by atoms with E-state index in [2.05, 4.69) is 20.3 Å². The van der Waals surface area contributed by atoms with Crippen LogP contribution in [0.2, 0.25) is 0 Å². The molecule has 3 amide bonds. The summed E-state index contributed by atoms with van der Waals surface area (Å²) >= 11 is 0. The lowest BCUT2D eigenvalue weighted by molar-refractivity contribution is -0.137. The van der Waals surface area contributed by atoms with Crippen LogP contribution in [0.15, 0.2) is 6.33 Å². The average Bonchev–Trinajstić information content (AvgIpc) is 3.51. The van der Waals surface area contributed by atoms with Crippen LogP contribution in [-0.2, 0) is 25.5 Å². The number of aromatic nitrogens is 4. The fraction of sp³-hybridized carbons (Fsp3) is 0.714. The molecule has 2 unspecified atom stereocenters. The molecule has 5 atom stereocenters. The third kappa shape index (κ3) is 6.24. The normalized spacial score (nSPS) is 28.2. The predicted octanol–water partition coefficient (Wildman–Crippen LogP) is -0.0441. The first-order valence-corrected chi connectivity index (χ1v) is 15.2. The summed E-state index contributed by atoms with van der Waals surface area (Å²) in [7, 11) is 1.76. The van der Waals surface area contributed by atoms with Crippen LogP contribution in [0.25, 0.3) is 11.2 Å². The molecule has 1 aliphatic carbocycles. The zero-order chi connectivity index (χ0) is 30.2. The molecule has 15 nitrogen and oxygen atoms in total. The van der Waals surface area contributed by atoms with Gasteiger partial charge >= 0.3 is 6.09 Å². The van der Waals surface area contributed by atoms with Gasteiger partial charge in [-0.3, -0.25) is 14.2 Å². The van der Waals surface area contributed by atoms with Crippen molar-refractivity contribution in [3.05, 3.63) is 12.2 Å². The maximum Gasteiger partial charge on any atom is 0.409 e. The summed E-state index contributed by atoms with van der Waals surface area (Å²) in [5, 5.41) is 24.0. The lowest BCUT2D eigenvalue weighted by Gasteiger charge is -2.31. The molecule has 15 heteroatoms. The fourth-order valence-electron chi connectivity index (χ4n) is 6.17. The summed E-state index contributed by atoms with van der Waals surface area (Å²) in [5.74, 6) is 0.517. The minimum atomic E-state index is -1.40. The Bertz CT molecular complexity index is 1360. The molecular formula is C28H40N8O7. The van der Waals surface area contributed by atoms with Crippen LogP contribution < -0.4 is 11.1 Å². The van der Waals surface area contributed by atoms with Gasteiger partial charge in [-0.15, -0.1) is 0 Å². The van der Waals surface area contributed by atoms with Crippen molar-refractivity contribution < 1.29 is 34.1 Å². The van der Waals surface area contributed by atoms with E-state index in [4.69, 9.17) is 15.2 Å². The Labute approximate surface area is 248 Å². The van der Waals surface area contributed by atoms with Gasteiger partial charge in [0.1, 0.15) is 30.2 Å². The maximum absolute atomic E-state index is 12.5. The number of imidazole rings is 1. The molecule has 43 heavy (non-hydrogen) atoms. The smallest absolute Gasteiger partial charge is 0.409 e. The second-order valence-electron chi connectivity index (χ2n) is 12.2. The number of likely N-dealkylation sites (tertiary alicyclic amines) is 2. The van der Waals surface area contributed by atoms with Gasteiger partial charge in [-0.25, -0.2) is 19.7 Å². The van der Waals surface area contributed by atoms with Gasteiger partial charge in [-0.1, -0.05) is 0 Å². The van der Waals surface area contributed by atoms with Gasteiger partial charge < -0.3 is 40.5 Å². The number of rotatable bonds is 9. The van der Waals surface area contributed by atoms with Crippen molar-refractivity contribution >= 4 is 34.9 Å². The topological polar surface area (TPSA) is 198 Å². The SMILES string of the molecule is CN1CCC(COC(=O)N2CCC(CCCc3nc(N)c4ncn([C@@H]5O[C@H](C(=O)NC6CC6)[C@H](O)C5O)c4n3)CC2)C1=O. The first kappa shape index (κ1) is 29.5. The molecule has 4 fully saturated rings. The zero-order valence-electron chi connectivity index (χ0n) is 24.3. The van der Waals surface area contributed by atoms with E-state index in [1.54, 1.807) is 16.8 Å². The number of nitrogen functional groups attached to an aromatic ring is 1. The number of carbonyl (C=O) groups excluding carboxylic acids is 3. The van der Waals surface area contributed by atoms with Crippen LogP contribution in [0.5, 0.6) is 0 Å². The van der Waals surface area contributed by atoms with Crippen LogP contribution in [0.1, 0.15) is 57.0 Å². The number of hydrogen-bond donors (Lipinski definition) is 4. The number of nitrogens with one attached hydrogen (secondary N) is 1. The number of piperidine rings is 1. The van der Waals surface area contributed by atoms with E-state index in [1.807, 2.05) is 0 Å². The Hall–Kier alpha value is -3.56. The molecule has 6 rings (SSSR count). The third-order valence-electron chi connectivity index (χ3n) is 9.02. The predicted molar refractivity (Wildman–Crippen MR) is 151 cm³/mol. The Morgan fingerprint density at radius 2 is 1.88 bits per heavy atom.